The smallest absolute Gasteiger partial charge is 0.270 e. The largest absolute Gasteiger partial charge is 0.311 e. The lowest BCUT2D eigenvalue weighted by Crippen LogP contribution is -2.57. The fraction of sp³-hybridized carbons (Fsp3) is 0.538. The van der Waals surface area contributed by atoms with Crippen LogP contribution < -0.4 is 5.32 Å². The molecule has 0 aromatic heterocycles. The highest BCUT2D eigenvalue weighted by Gasteiger charge is 2.35. The van der Waals surface area contributed by atoms with E-state index in [1.807, 2.05) is 13.8 Å². The molecular weight excluding hydrogens is 294 g/mol. The van der Waals surface area contributed by atoms with Crippen LogP contribution in [0.4, 0.5) is 5.69 Å². The quantitative estimate of drug-likeness (QED) is 0.670. The third kappa shape index (κ3) is 2.92. The molecule has 116 valence electrons. The fourth-order valence-corrected chi connectivity index (χ4v) is 4.42. The molecule has 21 heavy (non-hydrogen) atoms. The van der Waals surface area contributed by atoms with Crippen molar-refractivity contribution in [2.24, 2.45) is 0 Å². The summed E-state index contributed by atoms with van der Waals surface area (Å²) in [5.74, 6) is 0. The number of hydrogen-bond acceptors (Lipinski definition) is 5. The van der Waals surface area contributed by atoms with Crippen molar-refractivity contribution >= 4 is 15.7 Å². The molecule has 0 spiro atoms. The average molecular weight is 313 g/mol. The van der Waals surface area contributed by atoms with Gasteiger partial charge in [0.2, 0.25) is 10.0 Å². The summed E-state index contributed by atoms with van der Waals surface area (Å²) < 4.78 is 27.0. The van der Waals surface area contributed by atoms with Crippen LogP contribution in [0.1, 0.15) is 19.4 Å². The number of rotatable bonds is 3. The van der Waals surface area contributed by atoms with Gasteiger partial charge in [-0.1, -0.05) is 6.07 Å². The molecule has 0 amide bonds. The number of nitrogens with one attached hydrogen (secondary N) is 1. The standard InChI is InChI=1S/C13H19N3O4S/c1-9-4-5-12(16(17)18)8-13(9)21(19,20)15-7-6-14-10(2)11(15)3/h4-5,8,10-11,14H,6-7H2,1-3H3. The second-order valence-electron chi connectivity index (χ2n) is 5.31. The monoisotopic (exact) mass is 313 g/mol. The molecular formula is C13H19N3O4S. The Hall–Kier alpha value is -1.51. The van der Waals surface area contributed by atoms with Gasteiger partial charge in [-0.15, -0.1) is 0 Å². The van der Waals surface area contributed by atoms with E-state index in [-0.39, 0.29) is 22.7 Å². The summed E-state index contributed by atoms with van der Waals surface area (Å²) in [5.41, 5.74) is 0.300. The van der Waals surface area contributed by atoms with E-state index < -0.39 is 14.9 Å². The summed E-state index contributed by atoms with van der Waals surface area (Å²) >= 11 is 0. The van der Waals surface area contributed by atoms with Crippen molar-refractivity contribution in [2.45, 2.75) is 37.8 Å². The van der Waals surface area contributed by atoms with Crippen LogP contribution in [0.3, 0.4) is 0 Å². The third-order valence-electron chi connectivity index (χ3n) is 3.95. The molecule has 1 N–H and O–H groups in total. The van der Waals surface area contributed by atoms with Gasteiger partial charge in [-0.2, -0.15) is 4.31 Å². The number of aryl methyl sites for hydroxylation is 1. The van der Waals surface area contributed by atoms with Crippen molar-refractivity contribution in [3.05, 3.63) is 33.9 Å². The zero-order valence-electron chi connectivity index (χ0n) is 12.2. The summed E-state index contributed by atoms with van der Waals surface area (Å²) in [6, 6.07) is 3.76. The van der Waals surface area contributed by atoms with E-state index in [2.05, 4.69) is 5.32 Å². The lowest BCUT2D eigenvalue weighted by atomic mass is 10.1. The van der Waals surface area contributed by atoms with Gasteiger partial charge < -0.3 is 5.32 Å². The second-order valence-corrected chi connectivity index (χ2v) is 7.17. The van der Waals surface area contributed by atoms with Crippen LogP contribution in [0.2, 0.25) is 0 Å². The van der Waals surface area contributed by atoms with E-state index in [1.54, 1.807) is 6.92 Å². The molecule has 1 aromatic carbocycles. The van der Waals surface area contributed by atoms with E-state index in [4.69, 9.17) is 0 Å². The van der Waals surface area contributed by atoms with Crippen LogP contribution in [-0.4, -0.2) is 42.8 Å². The molecule has 2 unspecified atom stereocenters. The Labute approximate surface area is 124 Å². The predicted octanol–water partition coefficient (Wildman–Crippen LogP) is 1.27. The predicted molar refractivity (Wildman–Crippen MR) is 78.7 cm³/mol. The zero-order chi connectivity index (χ0) is 15.8. The summed E-state index contributed by atoms with van der Waals surface area (Å²) in [6.07, 6.45) is 0. The van der Waals surface area contributed by atoms with E-state index in [0.29, 0.717) is 18.7 Å². The molecule has 1 heterocycles. The summed E-state index contributed by atoms with van der Waals surface area (Å²) in [4.78, 5) is 10.3. The maximum absolute atomic E-state index is 12.8. The first-order valence-electron chi connectivity index (χ1n) is 6.75. The SMILES string of the molecule is Cc1ccc([N+](=O)[O-])cc1S(=O)(=O)N1CCNC(C)C1C. The van der Waals surface area contributed by atoms with Crippen molar-refractivity contribution in [1.82, 2.24) is 9.62 Å². The number of piperazine rings is 1. The van der Waals surface area contributed by atoms with Crippen LogP contribution in [0.5, 0.6) is 0 Å². The zero-order valence-corrected chi connectivity index (χ0v) is 13.1. The molecule has 7 nitrogen and oxygen atoms in total. The molecule has 0 aliphatic carbocycles. The lowest BCUT2D eigenvalue weighted by molar-refractivity contribution is -0.385. The molecule has 1 aliphatic heterocycles. The highest BCUT2D eigenvalue weighted by Crippen LogP contribution is 2.27. The highest BCUT2D eigenvalue weighted by atomic mass is 32.2. The Morgan fingerprint density at radius 3 is 2.67 bits per heavy atom. The first-order chi connectivity index (χ1) is 9.75. The summed E-state index contributed by atoms with van der Waals surface area (Å²) in [7, 11) is -3.74. The first kappa shape index (κ1) is 15.9. The number of nitro benzene ring substituents is 1. The first-order valence-corrected chi connectivity index (χ1v) is 8.19. The Balaban J connectivity index is 2.48. The van der Waals surface area contributed by atoms with Crippen LogP contribution in [-0.2, 0) is 10.0 Å². The summed E-state index contributed by atoms with van der Waals surface area (Å²) in [6.45, 7) is 6.33. The maximum atomic E-state index is 12.8. The van der Waals surface area contributed by atoms with Crippen LogP contribution in [0, 0.1) is 17.0 Å². The molecule has 0 saturated carbocycles. The fourth-order valence-electron chi connectivity index (χ4n) is 2.47. The molecule has 1 saturated heterocycles. The van der Waals surface area contributed by atoms with Crippen molar-refractivity contribution in [2.75, 3.05) is 13.1 Å². The van der Waals surface area contributed by atoms with Crippen molar-refractivity contribution < 1.29 is 13.3 Å². The van der Waals surface area contributed by atoms with Crippen molar-refractivity contribution in [3.63, 3.8) is 0 Å². The molecule has 1 fully saturated rings. The Bertz CT molecular complexity index is 659. The van der Waals surface area contributed by atoms with Gasteiger partial charge in [-0.05, 0) is 26.3 Å². The Kier molecular flexibility index (Phi) is 4.31. The minimum Gasteiger partial charge on any atom is -0.311 e. The van der Waals surface area contributed by atoms with Gasteiger partial charge in [0.25, 0.3) is 5.69 Å². The minimum atomic E-state index is -3.74. The molecule has 0 radical (unpaired) electrons. The normalized spacial score (nSPS) is 24.0. The third-order valence-corrected chi connectivity index (χ3v) is 6.07. The second kappa shape index (κ2) is 5.70. The molecule has 0 bridgehead atoms. The molecule has 8 heteroatoms. The van der Waals surface area contributed by atoms with Gasteiger partial charge in [0, 0.05) is 37.3 Å². The van der Waals surface area contributed by atoms with Crippen LogP contribution >= 0.6 is 0 Å². The van der Waals surface area contributed by atoms with Gasteiger partial charge in [0.15, 0.2) is 0 Å². The van der Waals surface area contributed by atoms with Crippen LogP contribution in [0.25, 0.3) is 0 Å². The highest BCUT2D eigenvalue weighted by molar-refractivity contribution is 7.89. The van der Waals surface area contributed by atoms with E-state index in [1.165, 1.54) is 16.4 Å². The maximum Gasteiger partial charge on any atom is 0.270 e. The van der Waals surface area contributed by atoms with E-state index in [0.717, 1.165) is 6.07 Å². The Morgan fingerprint density at radius 2 is 2.05 bits per heavy atom. The number of sulfonamides is 1. The van der Waals surface area contributed by atoms with Gasteiger partial charge in [-0.3, -0.25) is 10.1 Å². The molecule has 2 rings (SSSR count). The topological polar surface area (TPSA) is 92.5 Å². The van der Waals surface area contributed by atoms with Gasteiger partial charge in [0.1, 0.15) is 0 Å². The van der Waals surface area contributed by atoms with Gasteiger partial charge in [0.05, 0.1) is 9.82 Å². The molecule has 1 aliphatic rings. The number of hydrogen-bond donors (Lipinski definition) is 1. The minimum absolute atomic E-state index is 0.0117. The van der Waals surface area contributed by atoms with Gasteiger partial charge in [-0.25, -0.2) is 8.42 Å². The van der Waals surface area contributed by atoms with E-state index in [9.17, 15) is 18.5 Å². The van der Waals surface area contributed by atoms with Crippen LogP contribution in [0.15, 0.2) is 23.1 Å². The number of non-ortho nitro benzene ring substituents is 1. The van der Waals surface area contributed by atoms with Crippen molar-refractivity contribution in [1.29, 1.82) is 0 Å². The van der Waals surface area contributed by atoms with Crippen molar-refractivity contribution in [3.8, 4) is 0 Å². The number of benzene rings is 1. The van der Waals surface area contributed by atoms with E-state index >= 15 is 0 Å². The average Bonchev–Trinajstić information content (AvgIpc) is 2.41. The summed E-state index contributed by atoms with van der Waals surface area (Å²) in [5, 5.41) is 14.1. The lowest BCUT2D eigenvalue weighted by Gasteiger charge is -2.37. The number of nitrogens with zero attached hydrogens (tertiary/aromatic N) is 2. The molecule has 2 atom stereocenters. The van der Waals surface area contributed by atoms with Gasteiger partial charge >= 0.3 is 0 Å². The Morgan fingerprint density at radius 1 is 1.38 bits per heavy atom. The number of nitro groups is 1. The molecule has 1 aromatic rings.